The fourth-order valence-electron chi connectivity index (χ4n) is 2.76. The van der Waals surface area contributed by atoms with Crippen LogP contribution in [-0.2, 0) is 0 Å². The highest BCUT2D eigenvalue weighted by molar-refractivity contribution is 6.33. The van der Waals surface area contributed by atoms with Crippen molar-refractivity contribution in [1.29, 1.82) is 0 Å². The predicted molar refractivity (Wildman–Crippen MR) is 78.2 cm³/mol. The Morgan fingerprint density at radius 1 is 1.26 bits per heavy atom. The van der Waals surface area contributed by atoms with Gasteiger partial charge in [-0.15, -0.1) is 0 Å². The SMILES string of the molecule is CNC(c1ccc(OC)c(Cl)c1OC)C(C)C1CC1. The molecule has 2 unspecified atom stereocenters. The standard InChI is InChI=1S/C15H22ClNO2/c1-9(10-5-6-10)14(17-2)11-7-8-12(18-3)13(16)15(11)19-4/h7-10,14,17H,5-6H2,1-4H3. The Morgan fingerprint density at radius 2 is 1.95 bits per heavy atom. The number of benzene rings is 1. The van der Waals surface area contributed by atoms with Crippen LogP contribution < -0.4 is 14.8 Å². The molecule has 0 heterocycles. The van der Waals surface area contributed by atoms with Gasteiger partial charge in [-0.2, -0.15) is 0 Å². The van der Waals surface area contributed by atoms with Crippen LogP contribution >= 0.6 is 11.6 Å². The minimum atomic E-state index is 0.255. The van der Waals surface area contributed by atoms with E-state index in [0.29, 0.717) is 22.4 Å². The summed E-state index contributed by atoms with van der Waals surface area (Å²) in [6.07, 6.45) is 2.65. The first-order chi connectivity index (χ1) is 9.13. The van der Waals surface area contributed by atoms with Gasteiger partial charge >= 0.3 is 0 Å². The van der Waals surface area contributed by atoms with Crippen molar-refractivity contribution in [3.63, 3.8) is 0 Å². The molecule has 2 rings (SSSR count). The van der Waals surface area contributed by atoms with Crippen molar-refractivity contribution in [2.45, 2.75) is 25.8 Å². The van der Waals surface area contributed by atoms with Gasteiger partial charge in [-0.1, -0.05) is 18.5 Å². The van der Waals surface area contributed by atoms with Crippen LogP contribution in [-0.4, -0.2) is 21.3 Å². The van der Waals surface area contributed by atoms with Crippen LogP contribution in [0.3, 0.4) is 0 Å². The van der Waals surface area contributed by atoms with Crippen LogP contribution in [0.2, 0.25) is 5.02 Å². The number of hydrogen-bond donors (Lipinski definition) is 1. The van der Waals surface area contributed by atoms with Gasteiger partial charge in [-0.25, -0.2) is 0 Å². The third-order valence-corrected chi connectivity index (χ3v) is 4.41. The lowest BCUT2D eigenvalue weighted by atomic mass is 9.90. The highest BCUT2D eigenvalue weighted by Crippen LogP contribution is 2.46. The van der Waals surface area contributed by atoms with Gasteiger partial charge in [0.1, 0.15) is 16.5 Å². The molecule has 0 saturated heterocycles. The summed E-state index contributed by atoms with van der Waals surface area (Å²) in [7, 11) is 5.25. The lowest BCUT2D eigenvalue weighted by Crippen LogP contribution is -2.25. The predicted octanol–water partition coefficient (Wildman–Crippen LogP) is 3.66. The molecule has 19 heavy (non-hydrogen) atoms. The van der Waals surface area contributed by atoms with E-state index in [2.05, 4.69) is 12.2 Å². The van der Waals surface area contributed by atoms with E-state index < -0.39 is 0 Å². The van der Waals surface area contributed by atoms with E-state index in [0.717, 1.165) is 11.5 Å². The van der Waals surface area contributed by atoms with Gasteiger partial charge in [-0.05, 0) is 43.9 Å². The maximum absolute atomic E-state index is 6.34. The molecule has 0 aromatic heterocycles. The molecule has 106 valence electrons. The molecule has 1 saturated carbocycles. The fourth-order valence-corrected chi connectivity index (χ4v) is 3.09. The van der Waals surface area contributed by atoms with E-state index in [1.807, 2.05) is 19.2 Å². The van der Waals surface area contributed by atoms with Crippen molar-refractivity contribution in [2.24, 2.45) is 11.8 Å². The van der Waals surface area contributed by atoms with Crippen LogP contribution in [0.1, 0.15) is 31.4 Å². The molecule has 1 aliphatic carbocycles. The first kappa shape index (κ1) is 14.5. The van der Waals surface area contributed by atoms with Gasteiger partial charge in [0, 0.05) is 11.6 Å². The quantitative estimate of drug-likeness (QED) is 0.864. The van der Waals surface area contributed by atoms with E-state index in [1.54, 1.807) is 14.2 Å². The third-order valence-electron chi connectivity index (χ3n) is 4.05. The lowest BCUT2D eigenvalue weighted by Gasteiger charge is -2.26. The van der Waals surface area contributed by atoms with Crippen molar-refractivity contribution >= 4 is 11.6 Å². The molecule has 4 heteroatoms. The molecule has 1 N–H and O–H groups in total. The smallest absolute Gasteiger partial charge is 0.146 e. The Bertz CT molecular complexity index is 446. The molecule has 2 atom stereocenters. The zero-order chi connectivity index (χ0) is 14.0. The summed E-state index contributed by atoms with van der Waals surface area (Å²) in [5.41, 5.74) is 1.11. The fraction of sp³-hybridized carbons (Fsp3) is 0.600. The van der Waals surface area contributed by atoms with Crippen molar-refractivity contribution < 1.29 is 9.47 Å². The number of ether oxygens (including phenoxy) is 2. The second kappa shape index (κ2) is 6.02. The van der Waals surface area contributed by atoms with E-state index in [-0.39, 0.29) is 6.04 Å². The minimum Gasteiger partial charge on any atom is -0.495 e. The van der Waals surface area contributed by atoms with Gasteiger partial charge in [0.2, 0.25) is 0 Å². The zero-order valence-electron chi connectivity index (χ0n) is 12.0. The first-order valence-corrected chi connectivity index (χ1v) is 7.09. The Balaban J connectivity index is 2.38. The molecule has 0 aliphatic heterocycles. The normalized spacial score (nSPS) is 17.9. The molecular weight excluding hydrogens is 262 g/mol. The summed E-state index contributed by atoms with van der Waals surface area (Å²) in [4.78, 5) is 0. The number of halogens is 1. The highest BCUT2D eigenvalue weighted by atomic mass is 35.5. The molecule has 1 aromatic rings. The molecule has 3 nitrogen and oxygen atoms in total. The van der Waals surface area contributed by atoms with Crippen molar-refractivity contribution in [3.8, 4) is 11.5 Å². The van der Waals surface area contributed by atoms with Crippen LogP contribution in [0, 0.1) is 11.8 Å². The van der Waals surface area contributed by atoms with Crippen LogP contribution in [0.5, 0.6) is 11.5 Å². The van der Waals surface area contributed by atoms with Gasteiger partial charge in [0.05, 0.1) is 14.2 Å². The minimum absolute atomic E-state index is 0.255. The second-order valence-electron chi connectivity index (χ2n) is 5.17. The third kappa shape index (κ3) is 2.82. The largest absolute Gasteiger partial charge is 0.495 e. The van der Waals surface area contributed by atoms with E-state index >= 15 is 0 Å². The molecular formula is C15H22ClNO2. The van der Waals surface area contributed by atoms with Crippen LogP contribution in [0.15, 0.2) is 12.1 Å². The Hall–Kier alpha value is -0.930. The van der Waals surface area contributed by atoms with Crippen molar-refractivity contribution in [1.82, 2.24) is 5.32 Å². The summed E-state index contributed by atoms with van der Waals surface area (Å²) in [6, 6.07) is 4.21. The monoisotopic (exact) mass is 283 g/mol. The molecule has 0 amide bonds. The molecule has 0 radical (unpaired) electrons. The second-order valence-corrected chi connectivity index (χ2v) is 5.55. The summed E-state index contributed by atoms with van der Waals surface area (Å²) in [5.74, 6) is 2.75. The Morgan fingerprint density at radius 3 is 2.42 bits per heavy atom. The van der Waals surface area contributed by atoms with Crippen molar-refractivity contribution in [3.05, 3.63) is 22.7 Å². The molecule has 1 aromatic carbocycles. The molecule has 0 bridgehead atoms. The average Bonchev–Trinajstić information content (AvgIpc) is 3.24. The number of methoxy groups -OCH3 is 2. The van der Waals surface area contributed by atoms with Gasteiger partial charge in [0.15, 0.2) is 0 Å². The number of hydrogen-bond acceptors (Lipinski definition) is 3. The maximum atomic E-state index is 6.34. The number of nitrogens with one attached hydrogen (secondary N) is 1. The molecule has 0 spiro atoms. The summed E-state index contributed by atoms with van der Waals surface area (Å²) < 4.78 is 10.7. The van der Waals surface area contributed by atoms with E-state index in [9.17, 15) is 0 Å². The van der Waals surface area contributed by atoms with Gasteiger partial charge in [-0.3, -0.25) is 0 Å². The maximum Gasteiger partial charge on any atom is 0.146 e. The lowest BCUT2D eigenvalue weighted by molar-refractivity contribution is 0.343. The van der Waals surface area contributed by atoms with E-state index in [1.165, 1.54) is 12.8 Å². The first-order valence-electron chi connectivity index (χ1n) is 6.71. The highest BCUT2D eigenvalue weighted by Gasteiger charge is 2.35. The summed E-state index contributed by atoms with van der Waals surface area (Å²) in [5, 5.41) is 3.95. The Labute approximate surface area is 120 Å². The topological polar surface area (TPSA) is 30.5 Å². The summed E-state index contributed by atoms with van der Waals surface area (Å²) >= 11 is 6.34. The van der Waals surface area contributed by atoms with Crippen LogP contribution in [0.4, 0.5) is 0 Å². The average molecular weight is 284 g/mol. The van der Waals surface area contributed by atoms with Gasteiger partial charge < -0.3 is 14.8 Å². The Kier molecular flexibility index (Phi) is 4.58. The summed E-state index contributed by atoms with van der Waals surface area (Å²) in [6.45, 7) is 2.29. The molecule has 1 fully saturated rings. The number of rotatable bonds is 6. The van der Waals surface area contributed by atoms with Crippen molar-refractivity contribution in [2.75, 3.05) is 21.3 Å². The molecule has 1 aliphatic rings. The zero-order valence-corrected chi connectivity index (χ0v) is 12.8. The van der Waals surface area contributed by atoms with Crippen LogP contribution in [0.25, 0.3) is 0 Å². The van der Waals surface area contributed by atoms with Gasteiger partial charge in [0.25, 0.3) is 0 Å². The van der Waals surface area contributed by atoms with E-state index in [4.69, 9.17) is 21.1 Å².